The van der Waals surface area contributed by atoms with E-state index in [0.717, 1.165) is 46.0 Å². The van der Waals surface area contributed by atoms with Gasteiger partial charge in [-0.15, -0.1) is 30.0 Å². The van der Waals surface area contributed by atoms with E-state index in [1.807, 2.05) is 0 Å². The van der Waals surface area contributed by atoms with Crippen LogP contribution >= 0.6 is 0 Å². The molecule has 8 rings (SSSR count). The normalized spacial score (nSPS) is 13.1. The summed E-state index contributed by atoms with van der Waals surface area (Å²) in [5, 5.41) is 41.7. The highest BCUT2D eigenvalue weighted by molar-refractivity contribution is 7.86. The first-order valence-electron chi connectivity index (χ1n) is 16.4. The van der Waals surface area contributed by atoms with Crippen molar-refractivity contribution in [3.05, 3.63) is 108 Å². The third kappa shape index (κ3) is 8.23. The van der Waals surface area contributed by atoms with Crippen molar-refractivity contribution >= 4 is 75.4 Å². The molecule has 0 spiro atoms. The Morgan fingerprint density at radius 1 is 0.525 bits per heavy atom. The number of anilines is 2. The van der Waals surface area contributed by atoms with Gasteiger partial charge in [0.25, 0.3) is 30.4 Å². The van der Waals surface area contributed by atoms with Crippen molar-refractivity contribution in [2.75, 3.05) is 5.32 Å². The van der Waals surface area contributed by atoms with Gasteiger partial charge in [-0.25, -0.2) is 9.98 Å². The molecule has 0 saturated heterocycles. The van der Waals surface area contributed by atoms with Crippen LogP contribution in [-0.4, -0.2) is 94.1 Å². The first-order valence-corrected chi connectivity index (χ1v) is 20.7. The van der Waals surface area contributed by atoms with Crippen molar-refractivity contribution in [1.29, 1.82) is 0 Å². The van der Waals surface area contributed by atoms with Gasteiger partial charge in [0.05, 0.1) is 26.1 Å². The van der Waals surface area contributed by atoms with Gasteiger partial charge in [0, 0.05) is 17.8 Å². The van der Waals surface area contributed by atoms with Crippen LogP contribution in [0.1, 0.15) is 0 Å². The molecular weight excluding hydrogens is 837 g/mol. The van der Waals surface area contributed by atoms with Crippen LogP contribution in [0.3, 0.4) is 0 Å². The van der Waals surface area contributed by atoms with E-state index in [1.165, 1.54) is 60.7 Å². The van der Waals surface area contributed by atoms with E-state index in [9.17, 15) is 49.1 Å². The number of fused-ring (bicyclic) bond motifs is 2. The fourth-order valence-corrected chi connectivity index (χ4v) is 6.98. The van der Waals surface area contributed by atoms with Crippen molar-refractivity contribution in [2.45, 2.75) is 14.7 Å². The Hall–Kier alpha value is -7.36. The number of aromatic nitrogens is 9. The van der Waals surface area contributed by atoms with E-state index in [1.54, 1.807) is 0 Å². The van der Waals surface area contributed by atoms with E-state index < -0.39 is 30.4 Å². The van der Waals surface area contributed by atoms with Crippen LogP contribution in [0.2, 0.25) is 0 Å². The maximum Gasteiger partial charge on any atom is 0.294 e. The number of hydrogen-bond donors (Lipinski definition) is 8. The van der Waals surface area contributed by atoms with Gasteiger partial charge in [0.1, 0.15) is 44.9 Å². The highest BCUT2D eigenvalue weighted by Gasteiger charge is 2.17. The molecule has 0 aliphatic rings. The predicted molar refractivity (Wildman–Crippen MR) is 204 cm³/mol. The Morgan fingerprint density at radius 3 is 1.46 bits per heavy atom. The molecule has 0 radical (unpaired) electrons. The molecule has 0 bridgehead atoms. The molecule has 0 unspecified atom stereocenters. The lowest BCUT2D eigenvalue weighted by Gasteiger charge is -2.07. The highest BCUT2D eigenvalue weighted by Crippen LogP contribution is 2.29. The molecule has 0 aliphatic carbocycles. The Balaban J connectivity index is 1.16. The molecule has 0 saturated carbocycles. The zero-order valence-corrected chi connectivity index (χ0v) is 31.6. The van der Waals surface area contributed by atoms with Crippen LogP contribution < -0.4 is 16.6 Å². The molecule has 23 nitrogen and oxygen atoms in total. The monoisotopic (exact) mass is 860 g/mol. The van der Waals surface area contributed by atoms with Crippen LogP contribution in [0.5, 0.6) is 11.5 Å². The number of benzene rings is 5. The second kappa shape index (κ2) is 14.2. The Labute approximate surface area is 329 Å². The molecule has 0 aliphatic heterocycles. The minimum Gasteiger partial charge on any atom is -0.506 e. The molecular formula is C33H24N12O11S3. The van der Waals surface area contributed by atoms with Crippen LogP contribution in [0, 0.1) is 0 Å². The zero-order valence-electron chi connectivity index (χ0n) is 29.2. The lowest BCUT2D eigenvalue weighted by atomic mass is 10.2. The van der Waals surface area contributed by atoms with Gasteiger partial charge in [-0.1, -0.05) is 0 Å². The molecule has 59 heavy (non-hydrogen) atoms. The standard InChI is InChI=1S/C33H24N12O11S3/c46-29-13-18(3-11-27(29)44-40-23-9-7-21(58(51,52)53)15-25(23)42-44)35-32-37-31(34-17-1-5-20(6-2-17)57(48,49)50)38-33(39-32)36-19-4-12-28(30(47)14-19)45-41-24-10-8-22(59(54,55)56)16-26(24)43-45/h1-16,46-47H,(H,48,49,50)(H,51,52,53)(H,54,55,56)(H3,34,35,36,37,38,39). The number of phenolic OH excluding ortho intramolecular Hbond substituents is 2. The molecule has 3 heterocycles. The summed E-state index contributed by atoms with van der Waals surface area (Å²) in [7, 11) is -13.4. The third-order valence-corrected chi connectivity index (χ3v) is 10.8. The van der Waals surface area contributed by atoms with Crippen LogP contribution in [0.15, 0.2) is 122 Å². The van der Waals surface area contributed by atoms with Crippen molar-refractivity contribution in [1.82, 2.24) is 44.9 Å². The number of rotatable bonds is 9. The lowest BCUT2D eigenvalue weighted by molar-refractivity contribution is 0.467. The summed E-state index contributed by atoms with van der Waals surface area (Å²) < 4.78 is 97.5. The average Bonchev–Trinajstić information content (AvgIpc) is 3.78. The fourth-order valence-electron chi connectivity index (χ4n) is 5.50. The van der Waals surface area contributed by atoms with Crippen molar-refractivity contribution in [3.63, 3.8) is 0 Å². The molecule has 5 aromatic carbocycles. The summed E-state index contributed by atoms with van der Waals surface area (Å²) in [4.78, 5) is 20.2. The largest absolute Gasteiger partial charge is 0.506 e. The van der Waals surface area contributed by atoms with Crippen molar-refractivity contribution in [2.24, 2.45) is 9.98 Å². The Morgan fingerprint density at radius 2 is 0.983 bits per heavy atom. The zero-order chi connectivity index (χ0) is 41.9. The number of aromatic amines is 2. The molecule has 3 aromatic heterocycles. The molecule has 300 valence electrons. The summed E-state index contributed by atoms with van der Waals surface area (Å²) in [6.45, 7) is 0. The van der Waals surface area contributed by atoms with E-state index >= 15 is 0 Å². The Kier molecular flexibility index (Phi) is 9.29. The second-order valence-electron chi connectivity index (χ2n) is 12.3. The smallest absolute Gasteiger partial charge is 0.294 e. The summed E-state index contributed by atoms with van der Waals surface area (Å²) >= 11 is 0. The quantitative estimate of drug-likeness (QED) is 0.0967. The minimum atomic E-state index is -4.49. The Bertz CT molecular complexity index is 3300. The number of phenols is 2. The van der Waals surface area contributed by atoms with Crippen molar-refractivity contribution in [3.8, 4) is 22.9 Å². The predicted octanol–water partition coefficient (Wildman–Crippen LogP) is 2.57. The third-order valence-electron chi connectivity index (χ3n) is 8.22. The van der Waals surface area contributed by atoms with Gasteiger partial charge >= 0.3 is 0 Å². The summed E-state index contributed by atoms with van der Waals surface area (Å²) in [6, 6.07) is 20.7. The lowest BCUT2D eigenvalue weighted by Crippen LogP contribution is -2.28. The molecule has 0 amide bonds. The summed E-state index contributed by atoms with van der Waals surface area (Å²) in [5.74, 6) is -0.636. The summed E-state index contributed by atoms with van der Waals surface area (Å²) in [6.07, 6.45) is 0. The average molecular weight is 861 g/mol. The number of H-pyrrole nitrogens is 2. The van der Waals surface area contributed by atoms with Gasteiger partial charge in [-0.2, -0.15) is 30.2 Å². The fraction of sp³-hybridized carbons (Fsp3) is 0. The van der Waals surface area contributed by atoms with E-state index in [-0.39, 0.29) is 88.2 Å². The highest BCUT2D eigenvalue weighted by atomic mass is 32.2. The first-order chi connectivity index (χ1) is 27.9. The minimum absolute atomic E-state index is 0.0150. The van der Waals surface area contributed by atoms with E-state index in [4.69, 9.17) is 0 Å². The molecule has 8 aromatic rings. The molecule has 8 N–H and O–H groups in total. The van der Waals surface area contributed by atoms with Crippen LogP contribution in [0.25, 0.3) is 33.4 Å². The maximum atomic E-state index is 11.6. The molecule has 0 atom stereocenters. The van der Waals surface area contributed by atoms with E-state index in [0.29, 0.717) is 5.69 Å². The molecule has 0 fully saturated rings. The topological polar surface area (TPSA) is 346 Å². The number of nitrogens with one attached hydrogen (secondary N) is 3. The van der Waals surface area contributed by atoms with Crippen LogP contribution in [0.4, 0.5) is 23.0 Å². The van der Waals surface area contributed by atoms with Gasteiger partial charge in [-0.3, -0.25) is 23.6 Å². The van der Waals surface area contributed by atoms with Crippen LogP contribution in [-0.2, 0) is 30.4 Å². The van der Waals surface area contributed by atoms with Gasteiger partial charge in [-0.05, 0) is 84.9 Å². The maximum absolute atomic E-state index is 11.6. The van der Waals surface area contributed by atoms with Gasteiger partial charge < -0.3 is 15.5 Å². The summed E-state index contributed by atoms with van der Waals surface area (Å²) in [5.41, 5.74) is 1.65. The number of nitrogens with zero attached hydrogens (tertiary/aromatic N) is 9. The van der Waals surface area contributed by atoms with Gasteiger partial charge in [0.15, 0.2) is 0 Å². The SMILES string of the molecule is O=S(=O)(O)c1ccc(Nc2nc(=Nc3ccc(-n4nc5ccc(S(=O)(=O)O)cc5n4)c(O)c3)[nH]c(=Nc3ccc(-n4nc5ccc(S(=O)(=O)O)cc5n4)c(O)c3)[nH]2)cc1. The van der Waals surface area contributed by atoms with Crippen molar-refractivity contribution < 1.29 is 49.1 Å². The van der Waals surface area contributed by atoms with E-state index in [2.05, 4.69) is 50.6 Å². The second-order valence-corrected chi connectivity index (χ2v) is 16.6. The first kappa shape index (κ1) is 38.5. The number of aromatic hydroxyl groups is 2. The number of hydrogen-bond acceptors (Lipinski definition) is 16. The van der Waals surface area contributed by atoms with Gasteiger partial charge in [0.2, 0.25) is 17.2 Å². The molecule has 26 heteroatoms.